The van der Waals surface area contributed by atoms with Crippen LogP contribution in [0.3, 0.4) is 0 Å². The van der Waals surface area contributed by atoms with Crippen molar-refractivity contribution in [2.75, 3.05) is 10.9 Å². The Hall–Kier alpha value is -3.92. The van der Waals surface area contributed by atoms with E-state index < -0.39 is 21.7 Å². The van der Waals surface area contributed by atoms with Crippen LogP contribution in [0.25, 0.3) is 11.1 Å². The summed E-state index contributed by atoms with van der Waals surface area (Å²) in [5.74, 6) is -0.865. The Morgan fingerprint density at radius 1 is 1.16 bits per heavy atom. The molecule has 0 aliphatic carbocycles. The van der Waals surface area contributed by atoms with Gasteiger partial charge in [0.15, 0.2) is 5.58 Å². The molecule has 32 heavy (non-hydrogen) atoms. The van der Waals surface area contributed by atoms with E-state index in [9.17, 15) is 18.0 Å². The maximum absolute atomic E-state index is 13.6. The van der Waals surface area contributed by atoms with Gasteiger partial charge in [-0.1, -0.05) is 0 Å². The van der Waals surface area contributed by atoms with Gasteiger partial charge in [0.05, 0.1) is 28.3 Å². The van der Waals surface area contributed by atoms with Crippen molar-refractivity contribution in [1.82, 2.24) is 9.55 Å². The molecule has 4 aromatic rings. The van der Waals surface area contributed by atoms with Gasteiger partial charge >= 0.3 is 5.76 Å². The monoisotopic (exact) mass is 453 g/mol. The highest BCUT2D eigenvalue weighted by Gasteiger charge is 2.32. The number of hydrogen-bond acceptors (Lipinski definition) is 7. The maximum atomic E-state index is 13.6. The average molecular weight is 453 g/mol. The van der Waals surface area contributed by atoms with Crippen LogP contribution in [0.2, 0.25) is 0 Å². The third-order valence-corrected chi connectivity index (χ3v) is 6.48. The van der Waals surface area contributed by atoms with E-state index in [1.54, 1.807) is 18.2 Å². The normalized spacial score (nSPS) is 11.4. The van der Waals surface area contributed by atoms with Crippen LogP contribution >= 0.6 is 0 Å². The van der Waals surface area contributed by atoms with Crippen LogP contribution in [0.1, 0.15) is 17.3 Å². The Labute approximate surface area is 183 Å². The average Bonchev–Trinajstić information content (AvgIpc) is 3.08. The summed E-state index contributed by atoms with van der Waals surface area (Å²) in [5.41, 5.74) is 0.744. The number of hydrogen-bond donors (Lipinski definition) is 0. The van der Waals surface area contributed by atoms with Gasteiger partial charge in [-0.2, -0.15) is 4.31 Å². The van der Waals surface area contributed by atoms with Crippen molar-refractivity contribution in [2.45, 2.75) is 11.8 Å². The number of oxazole rings is 1. The standard InChI is InChI=1S/C22H19N3O6S/c1-3-30-17-8-6-16(7-9-17)25(21(26)15-5-4-12-23-14-15)32(28,29)18-10-11-19-20(13-18)31-22(27)24(19)2/h4-14H,3H2,1-2H3. The summed E-state index contributed by atoms with van der Waals surface area (Å²) >= 11 is 0. The molecule has 164 valence electrons. The van der Waals surface area contributed by atoms with Gasteiger partial charge in [0.1, 0.15) is 5.75 Å². The number of benzene rings is 2. The lowest BCUT2D eigenvalue weighted by Gasteiger charge is -2.23. The number of pyridine rings is 1. The van der Waals surface area contributed by atoms with Crippen molar-refractivity contribution in [3.05, 3.63) is 83.1 Å². The fourth-order valence-electron chi connectivity index (χ4n) is 3.20. The largest absolute Gasteiger partial charge is 0.494 e. The van der Waals surface area contributed by atoms with Crippen LogP contribution in [0.5, 0.6) is 5.75 Å². The van der Waals surface area contributed by atoms with Crippen LogP contribution in [-0.4, -0.2) is 30.5 Å². The van der Waals surface area contributed by atoms with E-state index in [1.807, 2.05) is 6.92 Å². The fourth-order valence-corrected chi connectivity index (χ4v) is 4.63. The van der Waals surface area contributed by atoms with Gasteiger partial charge in [-0.15, -0.1) is 0 Å². The van der Waals surface area contributed by atoms with Crippen LogP contribution in [-0.2, 0) is 17.1 Å². The third-order valence-electron chi connectivity index (χ3n) is 4.78. The van der Waals surface area contributed by atoms with Crippen LogP contribution in [0, 0.1) is 0 Å². The van der Waals surface area contributed by atoms with Crippen molar-refractivity contribution in [3.63, 3.8) is 0 Å². The van der Waals surface area contributed by atoms with Gasteiger partial charge in [0, 0.05) is 25.5 Å². The van der Waals surface area contributed by atoms with Gasteiger partial charge < -0.3 is 9.15 Å². The first-order chi connectivity index (χ1) is 15.3. The van der Waals surface area contributed by atoms with E-state index in [2.05, 4.69) is 4.98 Å². The predicted molar refractivity (Wildman–Crippen MR) is 117 cm³/mol. The Morgan fingerprint density at radius 2 is 1.91 bits per heavy atom. The molecule has 0 unspecified atom stereocenters. The highest BCUT2D eigenvalue weighted by atomic mass is 32.2. The predicted octanol–water partition coefficient (Wildman–Crippen LogP) is 2.96. The van der Waals surface area contributed by atoms with Crippen LogP contribution in [0.4, 0.5) is 5.69 Å². The molecule has 0 spiro atoms. The van der Waals surface area contributed by atoms with Gasteiger partial charge in [-0.3, -0.25) is 14.3 Å². The fraction of sp³-hybridized carbons (Fsp3) is 0.136. The summed E-state index contributed by atoms with van der Waals surface area (Å²) in [4.78, 5) is 28.8. The highest BCUT2D eigenvalue weighted by Crippen LogP contribution is 2.29. The summed E-state index contributed by atoms with van der Waals surface area (Å²) in [6.07, 6.45) is 2.77. The number of aromatic nitrogens is 2. The number of nitrogens with zero attached hydrogens (tertiary/aromatic N) is 3. The second-order valence-electron chi connectivity index (χ2n) is 6.80. The number of carbonyl (C=O) groups is 1. The first-order valence-corrected chi connectivity index (χ1v) is 11.1. The minimum Gasteiger partial charge on any atom is -0.494 e. The lowest BCUT2D eigenvalue weighted by molar-refractivity contribution is 0.100. The van der Waals surface area contributed by atoms with Gasteiger partial charge in [-0.25, -0.2) is 13.2 Å². The molecule has 0 radical (unpaired) electrons. The number of amides is 1. The molecule has 2 aromatic carbocycles. The summed E-state index contributed by atoms with van der Waals surface area (Å²) < 4.78 is 39.7. The van der Waals surface area contributed by atoms with Crippen molar-refractivity contribution in [1.29, 1.82) is 0 Å². The zero-order valence-electron chi connectivity index (χ0n) is 17.3. The molecule has 0 atom stereocenters. The number of fused-ring (bicyclic) bond motifs is 1. The second-order valence-corrected chi connectivity index (χ2v) is 8.59. The SMILES string of the molecule is CCOc1ccc(N(C(=O)c2cccnc2)S(=O)(=O)c2ccc3c(c2)oc(=O)n3C)cc1. The molecule has 0 saturated carbocycles. The molecule has 0 fully saturated rings. The number of sulfonamides is 1. The number of carbonyl (C=O) groups excluding carboxylic acids is 1. The quantitative estimate of drug-likeness (QED) is 0.441. The zero-order chi connectivity index (χ0) is 22.9. The molecule has 4 rings (SSSR count). The number of rotatable bonds is 6. The van der Waals surface area contributed by atoms with Crippen molar-refractivity contribution >= 4 is 32.7 Å². The molecule has 2 aromatic heterocycles. The Kier molecular flexibility index (Phi) is 5.54. The second kappa shape index (κ2) is 8.31. The van der Waals surface area contributed by atoms with Crippen LogP contribution in [0.15, 0.2) is 81.1 Å². The van der Waals surface area contributed by atoms with Crippen molar-refractivity contribution in [2.24, 2.45) is 7.05 Å². The van der Waals surface area contributed by atoms with Crippen LogP contribution < -0.4 is 14.8 Å². The van der Waals surface area contributed by atoms with E-state index in [0.29, 0.717) is 22.2 Å². The molecule has 0 saturated heterocycles. The molecular weight excluding hydrogens is 434 g/mol. The van der Waals surface area contributed by atoms with Crippen molar-refractivity contribution < 1.29 is 22.4 Å². The minimum absolute atomic E-state index is 0.0947. The molecule has 0 aliphatic heterocycles. The molecule has 9 nitrogen and oxygen atoms in total. The lowest BCUT2D eigenvalue weighted by Crippen LogP contribution is -2.37. The van der Waals surface area contributed by atoms with E-state index in [1.165, 1.54) is 60.4 Å². The van der Waals surface area contributed by atoms with Gasteiger partial charge in [0.25, 0.3) is 15.9 Å². The first-order valence-electron chi connectivity index (χ1n) is 9.65. The van der Waals surface area contributed by atoms with E-state index in [4.69, 9.17) is 9.15 Å². The maximum Gasteiger partial charge on any atom is 0.419 e. The smallest absolute Gasteiger partial charge is 0.419 e. The Balaban J connectivity index is 1.86. The molecule has 0 N–H and O–H groups in total. The summed E-state index contributed by atoms with van der Waals surface area (Å²) in [6.45, 7) is 2.27. The molecular formula is C22H19N3O6S. The van der Waals surface area contributed by atoms with E-state index in [-0.39, 0.29) is 21.7 Å². The minimum atomic E-state index is -4.38. The number of ether oxygens (including phenoxy) is 1. The molecule has 2 heterocycles. The highest BCUT2D eigenvalue weighted by molar-refractivity contribution is 7.93. The molecule has 0 aliphatic rings. The van der Waals surface area contributed by atoms with Gasteiger partial charge in [-0.05, 0) is 55.5 Å². The van der Waals surface area contributed by atoms with Crippen molar-refractivity contribution in [3.8, 4) is 5.75 Å². The molecule has 0 bridgehead atoms. The lowest BCUT2D eigenvalue weighted by atomic mass is 10.2. The third kappa shape index (κ3) is 3.76. The van der Waals surface area contributed by atoms with E-state index >= 15 is 0 Å². The zero-order valence-corrected chi connectivity index (χ0v) is 18.1. The molecule has 1 amide bonds. The summed E-state index contributed by atoms with van der Waals surface area (Å²) in [7, 11) is -2.86. The Bertz CT molecular complexity index is 1440. The summed E-state index contributed by atoms with van der Waals surface area (Å²) in [6, 6.07) is 13.2. The molecule has 10 heteroatoms. The summed E-state index contributed by atoms with van der Waals surface area (Å²) in [5, 5.41) is 0. The number of aryl methyl sites for hydroxylation is 1. The number of anilines is 1. The van der Waals surface area contributed by atoms with Gasteiger partial charge in [0.2, 0.25) is 0 Å². The Morgan fingerprint density at radius 3 is 2.56 bits per heavy atom. The van der Waals surface area contributed by atoms with E-state index in [0.717, 1.165) is 0 Å². The first kappa shape index (κ1) is 21.3. The topological polar surface area (TPSA) is 112 Å².